The van der Waals surface area contributed by atoms with Gasteiger partial charge in [0.1, 0.15) is 6.04 Å². The van der Waals surface area contributed by atoms with Gasteiger partial charge in [0.2, 0.25) is 10.0 Å². The fraction of sp³-hybridized carbons (Fsp3) is 0.385. The number of amides is 1. The first kappa shape index (κ1) is 18.8. The Bertz CT molecular complexity index is 656. The lowest BCUT2D eigenvalue weighted by atomic mass is 10.3. The van der Waals surface area contributed by atoms with Crippen molar-refractivity contribution in [3.05, 3.63) is 29.3 Å². The largest absolute Gasteiger partial charge is 0.272 e. The Kier molecular flexibility index (Phi) is 7.16. The Morgan fingerprint density at radius 2 is 2.05 bits per heavy atom. The fourth-order valence-electron chi connectivity index (χ4n) is 1.66. The summed E-state index contributed by atoms with van der Waals surface area (Å²) in [4.78, 5) is 13.1. The van der Waals surface area contributed by atoms with Crippen LogP contribution in [0, 0.1) is 11.5 Å². The summed E-state index contributed by atoms with van der Waals surface area (Å²) in [6, 6.07) is 4.61. The number of nitriles is 1. The van der Waals surface area contributed by atoms with E-state index in [1.807, 2.05) is 0 Å². The Morgan fingerprint density at radius 3 is 2.50 bits per heavy atom. The highest BCUT2D eigenvalue weighted by atomic mass is 35.5. The van der Waals surface area contributed by atoms with Crippen molar-refractivity contribution >= 4 is 39.3 Å². The van der Waals surface area contributed by atoms with E-state index in [1.54, 1.807) is 19.4 Å². The van der Waals surface area contributed by atoms with Crippen molar-refractivity contribution in [1.82, 2.24) is 9.62 Å². The molecular weight excluding hydrogens is 346 g/mol. The van der Waals surface area contributed by atoms with Crippen LogP contribution in [0.2, 0.25) is 5.02 Å². The predicted octanol–water partition coefficient (Wildman–Crippen LogP) is 1.68. The molecule has 0 aromatic heterocycles. The molecule has 1 amide bonds. The van der Waals surface area contributed by atoms with Crippen molar-refractivity contribution < 1.29 is 13.2 Å². The van der Waals surface area contributed by atoms with E-state index in [9.17, 15) is 13.2 Å². The van der Waals surface area contributed by atoms with Crippen LogP contribution in [0.1, 0.15) is 6.92 Å². The molecule has 0 radical (unpaired) electrons. The number of carbonyl (C=O) groups excluding carboxylic acids is 1. The lowest BCUT2D eigenvalue weighted by molar-refractivity contribution is -0.129. The third-order valence-electron chi connectivity index (χ3n) is 2.76. The molecule has 6 nitrogen and oxygen atoms in total. The number of nitrogens with one attached hydrogen (secondary N) is 1. The van der Waals surface area contributed by atoms with Crippen LogP contribution in [-0.4, -0.2) is 43.8 Å². The normalized spacial score (nSPS) is 12.5. The first-order valence-electron chi connectivity index (χ1n) is 6.33. The van der Waals surface area contributed by atoms with Gasteiger partial charge in [-0.1, -0.05) is 11.6 Å². The number of likely N-dealkylation sites (N-methyl/N-ethyl adjacent to an activating group) is 1. The molecule has 0 aliphatic heterocycles. The average molecular weight is 362 g/mol. The lowest BCUT2D eigenvalue weighted by Crippen LogP contribution is -2.48. The number of hydrogen-bond donors (Lipinski definition) is 1. The van der Waals surface area contributed by atoms with Crippen molar-refractivity contribution in [3.63, 3.8) is 0 Å². The SMILES string of the molecule is CCN(C#N)C(=O)C(CSC)NS(=O)(=O)c1ccc(Cl)cc1. The molecule has 0 aliphatic carbocycles. The highest BCUT2D eigenvalue weighted by molar-refractivity contribution is 7.98. The number of thioether (sulfide) groups is 1. The van der Waals surface area contributed by atoms with E-state index in [4.69, 9.17) is 16.9 Å². The third kappa shape index (κ3) is 4.88. The van der Waals surface area contributed by atoms with Crippen molar-refractivity contribution in [2.24, 2.45) is 0 Å². The third-order valence-corrected chi connectivity index (χ3v) is 5.16. The number of hydrogen-bond acceptors (Lipinski definition) is 5. The van der Waals surface area contributed by atoms with E-state index in [2.05, 4.69) is 4.72 Å². The van der Waals surface area contributed by atoms with Crippen LogP contribution < -0.4 is 4.72 Å². The van der Waals surface area contributed by atoms with E-state index >= 15 is 0 Å². The van der Waals surface area contributed by atoms with E-state index in [1.165, 1.54) is 36.0 Å². The van der Waals surface area contributed by atoms with Gasteiger partial charge in [0.15, 0.2) is 6.19 Å². The Morgan fingerprint density at radius 1 is 1.45 bits per heavy atom. The number of nitrogens with zero attached hydrogens (tertiary/aromatic N) is 2. The van der Waals surface area contributed by atoms with Gasteiger partial charge in [-0.25, -0.2) is 13.3 Å². The van der Waals surface area contributed by atoms with Gasteiger partial charge < -0.3 is 0 Å². The highest BCUT2D eigenvalue weighted by Crippen LogP contribution is 2.15. The zero-order valence-electron chi connectivity index (χ0n) is 12.1. The van der Waals surface area contributed by atoms with Crippen LogP contribution in [0.3, 0.4) is 0 Å². The van der Waals surface area contributed by atoms with Gasteiger partial charge in [-0.3, -0.25) is 4.79 Å². The lowest BCUT2D eigenvalue weighted by Gasteiger charge is -2.20. The minimum Gasteiger partial charge on any atom is -0.272 e. The van der Waals surface area contributed by atoms with E-state index in [-0.39, 0.29) is 17.2 Å². The monoisotopic (exact) mass is 361 g/mol. The molecule has 120 valence electrons. The van der Waals surface area contributed by atoms with Crippen molar-refractivity contribution in [2.45, 2.75) is 17.9 Å². The molecule has 0 saturated carbocycles. The molecule has 9 heteroatoms. The average Bonchev–Trinajstić information content (AvgIpc) is 2.48. The zero-order chi connectivity index (χ0) is 16.8. The molecule has 22 heavy (non-hydrogen) atoms. The van der Waals surface area contributed by atoms with Gasteiger partial charge in [-0.05, 0) is 37.4 Å². The standard InChI is InChI=1S/C13H16ClN3O3S2/c1-3-17(9-15)13(18)12(8-21-2)16-22(19,20)11-6-4-10(14)5-7-11/h4-7,12,16H,3,8H2,1-2H3. The number of benzene rings is 1. The Hall–Kier alpha value is -1.27. The fourth-order valence-corrected chi connectivity index (χ4v) is 3.64. The predicted molar refractivity (Wildman–Crippen MR) is 86.9 cm³/mol. The summed E-state index contributed by atoms with van der Waals surface area (Å²) in [7, 11) is -3.87. The summed E-state index contributed by atoms with van der Waals surface area (Å²) in [6.45, 7) is 1.83. The van der Waals surface area contributed by atoms with E-state index in [0.717, 1.165) is 4.90 Å². The number of sulfonamides is 1. The molecule has 0 aliphatic rings. The summed E-state index contributed by atoms with van der Waals surface area (Å²) in [6.07, 6.45) is 3.50. The Labute approximate surface area is 139 Å². The Balaban J connectivity index is 3.01. The van der Waals surface area contributed by atoms with Crippen LogP contribution in [0.4, 0.5) is 0 Å². The number of halogens is 1. The van der Waals surface area contributed by atoms with Gasteiger partial charge in [-0.15, -0.1) is 0 Å². The van der Waals surface area contributed by atoms with Gasteiger partial charge in [-0.2, -0.15) is 21.7 Å². The summed E-state index contributed by atoms with van der Waals surface area (Å²) in [5.74, 6) is -0.346. The van der Waals surface area contributed by atoms with Crippen LogP contribution in [0.5, 0.6) is 0 Å². The molecule has 0 bridgehead atoms. The molecule has 1 aromatic rings. The first-order chi connectivity index (χ1) is 10.4. The summed E-state index contributed by atoms with van der Waals surface area (Å²) in [5.41, 5.74) is 0. The van der Waals surface area contributed by atoms with Crippen molar-refractivity contribution in [1.29, 1.82) is 5.26 Å². The maximum Gasteiger partial charge on any atom is 0.254 e. The molecule has 1 aromatic carbocycles. The minimum absolute atomic E-state index is 0.0100. The summed E-state index contributed by atoms with van der Waals surface area (Å²) in [5, 5.41) is 9.33. The minimum atomic E-state index is -3.87. The molecule has 1 atom stereocenters. The summed E-state index contributed by atoms with van der Waals surface area (Å²) >= 11 is 7.04. The molecule has 1 unspecified atom stereocenters. The van der Waals surface area contributed by atoms with Crippen LogP contribution in [0.15, 0.2) is 29.2 Å². The molecule has 0 saturated heterocycles. The quantitative estimate of drug-likeness (QED) is 0.589. The van der Waals surface area contributed by atoms with E-state index < -0.39 is 22.0 Å². The maximum atomic E-state index is 12.3. The topological polar surface area (TPSA) is 90.3 Å². The second-order valence-electron chi connectivity index (χ2n) is 4.27. The molecule has 0 spiro atoms. The molecule has 1 rings (SSSR count). The summed E-state index contributed by atoms with van der Waals surface area (Å²) < 4.78 is 27.0. The second-order valence-corrected chi connectivity index (χ2v) is 7.33. The number of rotatable bonds is 7. The van der Waals surface area contributed by atoms with Crippen LogP contribution in [-0.2, 0) is 14.8 Å². The van der Waals surface area contributed by atoms with Gasteiger partial charge in [0.25, 0.3) is 5.91 Å². The van der Waals surface area contributed by atoms with Gasteiger partial charge >= 0.3 is 0 Å². The highest BCUT2D eigenvalue weighted by Gasteiger charge is 2.28. The van der Waals surface area contributed by atoms with E-state index in [0.29, 0.717) is 5.02 Å². The van der Waals surface area contributed by atoms with Crippen LogP contribution in [0.25, 0.3) is 0 Å². The molecular formula is C13H16ClN3O3S2. The molecule has 0 fully saturated rings. The maximum absolute atomic E-state index is 12.3. The van der Waals surface area contributed by atoms with Crippen molar-refractivity contribution in [3.8, 4) is 6.19 Å². The zero-order valence-corrected chi connectivity index (χ0v) is 14.5. The first-order valence-corrected chi connectivity index (χ1v) is 9.59. The van der Waals surface area contributed by atoms with Crippen molar-refractivity contribution in [2.75, 3.05) is 18.6 Å². The smallest absolute Gasteiger partial charge is 0.254 e. The van der Waals surface area contributed by atoms with Gasteiger partial charge in [0, 0.05) is 17.3 Å². The number of carbonyl (C=O) groups is 1. The molecule has 1 N–H and O–H groups in total. The molecule has 0 heterocycles. The van der Waals surface area contributed by atoms with Crippen LogP contribution >= 0.6 is 23.4 Å². The second kappa shape index (κ2) is 8.39. The van der Waals surface area contributed by atoms with Gasteiger partial charge in [0.05, 0.1) is 4.90 Å².